The van der Waals surface area contributed by atoms with Crippen LogP contribution < -0.4 is 5.32 Å². The van der Waals surface area contributed by atoms with Crippen molar-refractivity contribution >= 4 is 28.5 Å². The van der Waals surface area contributed by atoms with Gasteiger partial charge in [0.2, 0.25) is 0 Å². The monoisotopic (exact) mass is 263 g/mol. The first kappa shape index (κ1) is 12.5. The van der Waals surface area contributed by atoms with Crippen molar-refractivity contribution in [1.82, 2.24) is 9.97 Å². The van der Waals surface area contributed by atoms with Crippen LogP contribution in [0.5, 0.6) is 0 Å². The molecule has 3 heteroatoms. The van der Waals surface area contributed by atoms with E-state index in [9.17, 15) is 0 Å². The molecule has 0 unspecified atom stereocenters. The molecule has 20 heavy (non-hydrogen) atoms. The summed E-state index contributed by atoms with van der Waals surface area (Å²) in [5.41, 5.74) is 3.12. The molecule has 0 fully saturated rings. The fourth-order valence-corrected chi connectivity index (χ4v) is 2.13. The molecule has 2 heterocycles. The molecule has 1 aromatic carbocycles. The maximum atomic E-state index is 4.57. The Morgan fingerprint density at radius 1 is 1.20 bits per heavy atom. The lowest BCUT2D eigenvalue weighted by Gasteiger charge is -2.06. The summed E-state index contributed by atoms with van der Waals surface area (Å²) >= 11 is 0. The van der Waals surface area contributed by atoms with E-state index in [1.165, 1.54) is 5.39 Å². The second-order valence-corrected chi connectivity index (χ2v) is 4.66. The number of aromatic nitrogens is 2. The minimum Gasteiger partial charge on any atom is -0.361 e. The number of pyridine rings is 1. The second kappa shape index (κ2) is 5.61. The zero-order chi connectivity index (χ0) is 13.8. The molecule has 0 aliphatic heterocycles. The van der Waals surface area contributed by atoms with E-state index in [4.69, 9.17) is 0 Å². The highest BCUT2D eigenvalue weighted by molar-refractivity contribution is 5.83. The minimum absolute atomic E-state index is 0.856. The van der Waals surface area contributed by atoms with Crippen LogP contribution in [-0.2, 0) is 0 Å². The summed E-state index contributed by atoms with van der Waals surface area (Å²) in [4.78, 5) is 7.78. The number of anilines is 2. The Balaban J connectivity index is 1.84. The topological polar surface area (TPSA) is 40.7 Å². The van der Waals surface area contributed by atoms with Crippen molar-refractivity contribution in [2.45, 2.75) is 13.3 Å². The molecular weight excluding hydrogens is 246 g/mol. The van der Waals surface area contributed by atoms with Gasteiger partial charge in [0, 0.05) is 17.4 Å². The van der Waals surface area contributed by atoms with E-state index in [2.05, 4.69) is 52.5 Å². The van der Waals surface area contributed by atoms with Gasteiger partial charge < -0.3 is 10.3 Å². The third-order valence-corrected chi connectivity index (χ3v) is 3.12. The lowest BCUT2D eigenvalue weighted by atomic mass is 10.2. The van der Waals surface area contributed by atoms with Gasteiger partial charge in [-0.1, -0.05) is 25.1 Å². The van der Waals surface area contributed by atoms with Crippen LogP contribution in [0.25, 0.3) is 17.0 Å². The van der Waals surface area contributed by atoms with Gasteiger partial charge in [-0.25, -0.2) is 4.98 Å². The standard InChI is InChI=1S/C17H17N3/c1-2-3-5-14-6-4-7-17(19-14)20-15-9-8-13-10-11-18-16(13)12-15/h3-12,18H,2H2,1H3,(H,19,20). The SMILES string of the molecule is CCC=Cc1cccc(Nc2ccc3cc[nH]c3c2)n1. The number of hydrogen-bond donors (Lipinski definition) is 2. The smallest absolute Gasteiger partial charge is 0.131 e. The third kappa shape index (κ3) is 2.72. The summed E-state index contributed by atoms with van der Waals surface area (Å²) in [7, 11) is 0. The quantitative estimate of drug-likeness (QED) is 0.714. The first-order valence-corrected chi connectivity index (χ1v) is 6.83. The van der Waals surface area contributed by atoms with E-state index < -0.39 is 0 Å². The van der Waals surface area contributed by atoms with Gasteiger partial charge in [-0.05, 0) is 48.2 Å². The molecule has 0 amide bonds. The molecule has 0 saturated carbocycles. The minimum atomic E-state index is 0.856. The highest BCUT2D eigenvalue weighted by atomic mass is 15.0. The van der Waals surface area contributed by atoms with Crippen LogP contribution in [-0.4, -0.2) is 9.97 Å². The summed E-state index contributed by atoms with van der Waals surface area (Å²) in [6.45, 7) is 2.12. The Morgan fingerprint density at radius 3 is 3.05 bits per heavy atom. The van der Waals surface area contributed by atoms with Gasteiger partial charge in [0.25, 0.3) is 0 Å². The van der Waals surface area contributed by atoms with Crippen molar-refractivity contribution in [2.24, 2.45) is 0 Å². The molecule has 0 aliphatic rings. The number of hydrogen-bond acceptors (Lipinski definition) is 2. The van der Waals surface area contributed by atoms with Crippen LogP contribution in [0.1, 0.15) is 19.0 Å². The molecule has 0 bridgehead atoms. The van der Waals surface area contributed by atoms with E-state index in [1.54, 1.807) is 0 Å². The van der Waals surface area contributed by atoms with E-state index in [1.807, 2.05) is 30.5 Å². The number of fused-ring (bicyclic) bond motifs is 1. The molecule has 0 aliphatic carbocycles. The van der Waals surface area contributed by atoms with Crippen molar-refractivity contribution in [3.63, 3.8) is 0 Å². The largest absolute Gasteiger partial charge is 0.361 e. The molecule has 3 aromatic rings. The Hall–Kier alpha value is -2.55. The lowest BCUT2D eigenvalue weighted by Crippen LogP contribution is -1.94. The Morgan fingerprint density at radius 2 is 2.15 bits per heavy atom. The summed E-state index contributed by atoms with van der Waals surface area (Å²) < 4.78 is 0. The predicted molar refractivity (Wildman–Crippen MR) is 85.1 cm³/mol. The fourth-order valence-electron chi connectivity index (χ4n) is 2.13. The first-order chi connectivity index (χ1) is 9.85. The van der Waals surface area contributed by atoms with Gasteiger partial charge in [0.05, 0.1) is 5.69 Å². The van der Waals surface area contributed by atoms with E-state index in [-0.39, 0.29) is 0 Å². The van der Waals surface area contributed by atoms with Crippen molar-refractivity contribution < 1.29 is 0 Å². The molecule has 100 valence electrons. The molecule has 3 nitrogen and oxygen atoms in total. The Bertz CT molecular complexity index is 741. The number of benzene rings is 1. The number of aromatic amines is 1. The second-order valence-electron chi connectivity index (χ2n) is 4.66. The summed E-state index contributed by atoms with van der Waals surface area (Å²) in [6.07, 6.45) is 7.11. The average molecular weight is 263 g/mol. The lowest BCUT2D eigenvalue weighted by molar-refractivity contribution is 1.22. The summed E-state index contributed by atoms with van der Waals surface area (Å²) in [6, 6.07) is 14.3. The zero-order valence-corrected chi connectivity index (χ0v) is 11.4. The first-order valence-electron chi connectivity index (χ1n) is 6.83. The van der Waals surface area contributed by atoms with Crippen LogP contribution >= 0.6 is 0 Å². The molecule has 0 saturated heterocycles. The molecule has 2 N–H and O–H groups in total. The highest BCUT2D eigenvalue weighted by Crippen LogP contribution is 2.20. The van der Waals surface area contributed by atoms with Gasteiger partial charge in [0.1, 0.15) is 5.82 Å². The zero-order valence-electron chi connectivity index (χ0n) is 11.4. The number of allylic oxidation sites excluding steroid dienone is 1. The van der Waals surface area contributed by atoms with E-state index >= 15 is 0 Å². The Kier molecular flexibility index (Phi) is 3.50. The number of nitrogens with zero attached hydrogens (tertiary/aromatic N) is 1. The van der Waals surface area contributed by atoms with Crippen LogP contribution in [0.3, 0.4) is 0 Å². The van der Waals surface area contributed by atoms with Crippen LogP contribution in [0.4, 0.5) is 11.5 Å². The van der Waals surface area contributed by atoms with E-state index in [0.29, 0.717) is 0 Å². The molecule has 0 spiro atoms. The normalized spacial score (nSPS) is 11.2. The van der Waals surface area contributed by atoms with Crippen molar-refractivity contribution in [3.8, 4) is 0 Å². The van der Waals surface area contributed by atoms with Gasteiger partial charge >= 0.3 is 0 Å². The summed E-state index contributed by atoms with van der Waals surface area (Å²) in [5, 5.41) is 4.55. The van der Waals surface area contributed by atoms with Crippen LogP contribution in [0.2, 0.25) is 0 Å². The van der Waals surface area contributed by atoms with Crippen molar-refractivity contribution in [3.05, 3.63) is 60.4 Å². The molecule has 2 aromatic heterocycles. The number of H-pyrrole nitrogens is 1. The molecule has 3 rings (SSSR count). The third-order valence-electron chi connectivity index (χ3n) is 3.12. The summed E-state index contributed by atoms with van der Waals surface area (Å²) in [5.74, 6) is 0.856. The van der Waals surface area contributed by atoms with Gasteiger partial charge in [-0.15, -0.1) is 0 Å². The maximum absolute atomic E-state index is 4.57. The predicted octanol–water partition coefficient (Wildman–Crippen LogP) is 4.73. The van der Waals surface area contributed by atoms with Gasteiger partial charge in [-0.2, -0.15) is 0 Å². The van der Waals surface area contributed by atoms with Crippen LogP contribution in [0.15, 0.2) is 54.7 Å². The highest BCUT2D eigenvalue weighted by Gasteiger charge is 1.99. The molecule has 0 atom stereocenters. The maximum Gasteiger partial charge on any atom is 0.131 e. The van der Waals surface area contributed by atoms with Crippen LogP contribution in [0, 0.1) is 0 Å². The fraction of sp³-hybridized carbons (Fsp3) is 0.118. The van der Waals surface area contributed by atoms with Gasteiger partial charge in [-0.3, -0.25) is 0 Å². The van der Waals surface area contributed by atoms with Gasteiger partial charge in [0.15, 0.2) is 0 Å². The molecular formula is C17H17N3. The van der Waals surface area contributed by atoms with Crippen molar-refractivity contribution in [1.29, 1.82) is 0 Å². The van der Waals surface area contributed by atoms with E-state index in [0.717, 1.165) is 29.1 Å². The number of rotatable bonds is 4. The average Bonchev–Trinajstić information content (AvgIpc) is 2.93. The van der Waals surface area contributed by atoms with Crippen molar-refractivity contribution in [2.75, 3.05) is 5.32 Å². The Labute approximate surface area is 118 Å². The number of nitrogens with one attached hydrogen (secondary N) is 2. The molecule has 0 radical (unpaired) electrons.